The number of nitrogens with one attached hydrogen (secondary N) is 1. The predicted molar refractivity (Wildman–Crippen MR) is 52.1 cm³/mol. The third-order valence-electron chi connectivity index (χ3n) is 4.10. The van der Waals surface area contributed by atoms with Gasteiger partial charge >= 0.3 is 0 Å². The molecule has 1 unspecified atom stereocenters. The molecule has 2 fully saturated rings. The topological polar surface area (TPSA) is 12.0 Å². The molecule has 1 heterocycles. The normalized spacial score (nSPS) is 33.8. The minimum atomic E-state index is 0.777. The Bertz CT molecular complexity index is 158. The number of rotatable bonds is 1. The minimum absolute atomic E-state index is 0.777. The van der Waals surface area contributed by atoms with Crippen LogP contribution in [0.3, 0.4) is 0 Å². The summed E-state index contributed by atoms with van der Waals surface area (Å²) < 4.78 is 0. The fraction of sp³-hybridized carbons (Fsp3) is 1.00. The zero-order valence-electron chi connectivity index (χ0n) is 8.40. The summed E-state index contributed by atoms with van der Waals surface area (Å²) in [6, 6.07) is 0. The molecule has 0 aromatic carbocycles. The van der Waals surface area contributed by atoms with Crippen LogP contribution >= 0.6 is 0 Å². The Morgan fingerprint density at radius 1 is 1.25 bits per heavy atom. The third-order valence-corrected chi connectivity index (χ3v) is 4.10. The van der Waals surface area contributed by atoms with E-state index in [1.807, 2.05) is 0 Å². The Balaban J connectivity index is 2.06. The maximum atomic E-state index is 3.54. The van der Waals surface area contributed by atoms with Crippen LogP contribution in [0.4, 0.5) is 0 Å². The van der Waals surface area contributed by atoms with Crippen molar-refractivity contribution < 1.29 is 0 Å². The monoisotopic (exact) mass is 167 g/mol. The first-order valence-corrected chi connectivity index (χ1v) is 5.45. The van der Waals surface area contributed by atoms with Crippen LogP contribution in [-0.2, 0) is 0 Å². The number of piperidine rings is 1. The molecule has 0 amide bonds. The number of hydrogen-bond acceptors (Lipinski definition) is 1. The van der Waals surface area contributed by atoms with E-state index in [2.05, 4.69) is 19.2 Å². The first-order valence-electron chi connectivity index (χ1n) is 5.45. The van der Waals surface area contributed by atoms with E-state index in [1.165, 1.54) is 38.8 Å². The van der Waals surface area contributed by atoms with E-state index < -0.39 is 0 Å². The lowest BCUT2D eigenvalue weighted by molar-refractivity contribution is -0.00720. The molecule has 1 heteroatoms. The van der Waals surface area contributed by atoms with Gasteiger partial charge in [-0.25, -0.2) is 0 Å². The van der Waals surface area contributed by atoms with Gasteiger partial charge in [0.2, 0.25) is 0 Å². The SMILES string of the molecule is CC(C)C1CNCCC12CCC2. The Labute approximate surface area is 75.9 Å². The first kappa shape index (κ1) is 8.55. The minimum Gasteiger partial charge on any atom is -0.316 e. The van der Waals surface area contributed by atoms with Gasteiger partial charge in [-0.1, -0.05) is 20.3 Å². The van der Waals surface area contributed by atoms with Crippen molar-refractivity contribution in [2.45, 2.75) is 39.5 Å². The fourth-order valence-corrected chi connectivity index (χ4v) is 3.19. The standard InChI is InChI=1S/C11H21N/c1-9(2)10-8-12-7-6-11(10)4-3-5-11/h9-10,12H,3-8H2,1-2H3. The predicted octanol–water partition coefficient (Wildman–Crippen LogP) is 2.42. The van der Waals surface area contributed by atoms with Crippen LogP contribution in [0.2, 0.25) is 0 Å². The molecule has 12 heavy (non-hydrogen) atoms. The summed E-state index contributed by atoms with van der Waals surface area (Å²) >= 11 is 0. The van der Waals surface area contributed by atoms with Crippen LogP contribution in [0.5, 0.6) is 0 Å². The van der Waals surface area contributed by atoms with Crippen LogP contribution < -0.4 is 5.32 Å². The summed E-state index contributed by atoms with van der Waals surface area (Å²) in [7, 11) is 0. The molecule has 1 atom stereocenters. The van der Waals surface area contributed by atoms with Gasteiger partial charge in [-0.2, -0.15) is 0 Å². The van der Waals surface area contributed by atoms with Gasteiger partial charge in [0.15, 0.2) is 0 Å². The molecule has 2 rings (SSSR count). The molecule has 1 N–H and O–H groups in total. The van der Waals surface area contributed by atoms with Crippen molar-refractivity contribution in [2.24, 2.45) is 17.3 Å². The van der Waals surface area contributed by atoms with Crippen LogP contribution in [0, 0.1) is 17.3 Å². The molecule has 2 aliphatic rings. The molecular weight excluding hydrogens is 146 g/mol. The summed E-state index contributed by atoms with van der Waals surface area (Å²) in [5, 5.41) is 3.54. The average Bonchev–Trinajstić information content (AvgIpc) is 2.01. The molecule has 0 bridgehead atoms. The highest BCUT2D eigenvalue weighted by Crippen LogP contribution is 2.53. The second kappa shape index (κ2) is 3.02. The van der Waals surface area contributed by atoms with E-state index in [-0.39, 0.29) is 0 Å². The summed E-state index contributed by atoms with van der Waals surface area (Å²) in [4.78, 5) is 0. The highest BCUT2D eigenvalue weighted by Gasteiger charge is 2.45. The zero-order chi connectivity index (χ0) is 8.60. The van der Waals surface area contributed by atoms with Gasteiger partial charge < -0.3 is 5.32 Å². The quantitative estimate of drug-likeness (QED) is 0.632. The molecule has 1 saturated carbocycles. The van der Waals surface area contributed by atoms with Crippen molar-refractivity contribution in [1.29, 1.82) is 0 Å². The second-order valence-corrected chi connectivity index (χ2v) is 5.02. The van der Waals surface area contributed by atoms with Crippen molar-refractivity contribution in [1.82, 2.24) is 5.32 Å². The number of hydrogen-bond donors (Lipinski definition) is 1. The van der Waals surface area contributed by atoms with Crippen LogP contribution in [-0.4, -0.2) is 13.1 Å². The van der Waals surface area contributed by atoms with E-state index in [0.717, 1.165) is 17.3 Å². The van der Waals surface area contributed by atoms with Gasteiger partial charge in [0.05, 0.1) is 0 Å². The van der Waals surface area contributed by atoms with Crippen molar-refractivity contribution in [3.8, 4) is 0 Å². The Kier molecular flexibility index (Phi) is 2.16. The zero-order valence-corrected chi connectivity index (χ0v) is 8.40. The van der Waals surface area contributed by atoms with Crippen molar-refractivity contribution >= 4 is 0 Å². The molecule has 1 saturated heterocycles. The molecular formula is C11H21N. The molecule has 1 spiro atoms. The van der Waals surface area contributed by atoms with Gasteiger partial charge in [0, 0.05) is 0 Å². The molecule has 0 aromatic heterocycles. The lowest BCUT2D eigenvalue weighted by Crippen LogP contribution is -2.50. The van der Waals surface area contributed by atoms with Crippen molar-refractivity contribution in [2.75, 3.05) is 13.1 Å². The van der Waals surface area contributed by atoms with E-state index in [4.69, 9.17) is 0 Å². The Morgan fingerprint density at radius 3 is 2.42 bits per heavy atom. The average molecular weight is 167 g/mol. The summed E-state index contributed by atoms with van der Waals surface area (Å²) in [5.41, 5.74) is 0.777. The fourth-order valence-electron chi connectivity index (χ4n) is 3.19. The molecule has 1 nitrogen and oxygen atoms in total. The largest absolute Gasteiger partial charge is 0.316 e. The third kappa shape index (κ3) is 1.19. The van der Waals surface area contributed by atoms with Gasteiger partial charge in [0.1, 0.15) is 0 Å². The van der Waals surface area contributed by atoms with Crippen molar-refractivity contribution in [3.63, 3.8) is 0 Å². The second-order valence-electron chi connectivity index (χ2n) is 5.02. The van der Waals surface area contributed by atoms with Gasteiger partial charge in [-0.3, -0.25) is 0 Å². The molecule has 0 aromatic rings. The molecule has 70 valence electrons. The lowest BCUT2D eigenvalue weighted by Gasteiger charge is -2.52. The Hall–Kier alpha value is -0.0400. The van der Waals surface area contributed by atoms with Gasteiger partial charge in [0.25, 0.3) is 0 Å². The van der Waals surface area contributed by atoms with E-state index in [1.54, 1.807) is 0 Å². The van der Waals surface area contributed by atoms with Gasteiger partial charge in [-0.05, 0) is 49.6 Å². The smallest absolute Gasteiger partial charge is 0.00127 e. The maximum absolute atomic E-state index is 3.54. The highest BCUT2D eigenvalue weighted by molar-refractivity contribution is 4.98. The highest BCUT2D eigenvalue weighted by atomic mass is 14.9. The molecule has 1 aliphatic heterocycles. The van der Waals surface area contributed by atoms with E-state index >= 15 is 0 Å². The summed E-state index contributed by atoms with van der Waals surface area (Å²) in [5.74, 6) is 1.83. The molecule has 1 aliphatic carbocycles. The summed E-state index contributed by atoms with van der Waals surface area (Å²) in [6.07, 6.45) is 5.95. The van der Waals surface area contributed by atoms with E-state index in [0.29, 0.717) is 0 Å². The van der Waals surface area contributed by atoms with Crippen LogP contribution in [0.1, 0.15) is 39.5 Å². The Morgan fingerprint density at radius 2 is 2.00 bits per heavy atom. The van der Waals surface area contributed by atoms with Crippen molar-refractivity contribution in [3.05, 3.63) is 0 Å². The van der Waals surface area contributed by atoms with Crippen LogP contribution in [0.15, 0.2) is 0 Å². The lowest BCUT2D eigenvalue weighted by atomic mass is 9.55. The van der Waals surface area contributed by atoms with Gasteiger partial charge in [-0.15, -0.1) is 0 Å². The summed E-state index contributed by atoms with van der Waals surface area (Å²) in [6.45, 7) is 7.32. The van der Waals surface area contributed by atoms with E-state index in [9.17, 15) is 0 Å². The molecule has 0 radical (unpaired) electrons. The maximum Gasteiger partial charge on any atom is -0.00127 e. The first-order chi connectivity index (χ1) is 5.75. The van der Waals surface area contributed by atoms with Crippen LogP contribution in [0.25, 0.3) is 0 Å².